The minimum atomic E-state index is -4.32. The third kappa shape index (κ3) is 28.5. The maximum Gasteiger partial charge on any atom is 0.472 e. The van der Waals surface area contributed by atoms with Crippen LogP contribution in [0.2, 0.25) is 0 Å². The lowest BCUT2D eigenvalue weighted by Gasteiger charge is -2.19. The molecule has 1 aliphatic rings. The molecule has 6 atom stereocenters. The molecule has 11 nitrogen and oxygen atoms in total. The summed E-state index contributed by atoms with van der Waals surface area (Å²) in [6.07, 6.45) is 31.9. The molecule has 0 saturated heterocycles. The van der Waals surface area contributed by atoms with Crippen LogP contribution in [0.1, 0.15) is 181 Å². The average molecular weight is 802 g/mol. The Morgan fingerprint density at radius 1 is 0.836 bits per heavy atom. The predicted octanol–water partition coefficient (Wildman–Crippen LogP) is 9.80. The molecule has 0 aromatic carbocycles. The molecule has 0 aromatic rings. The van der Waals surface area contributed by atoms with E-state index in [1.165, 1.54) is 83.3 Å². The topological polar surface area (TPSA) is 175 Å². The summed E-state index contributed by atoms with van der Waals surface area (Å²) < 4.78 is 33.2. The lowest BCUT2D eigenvalue weighted by molar-refractivity contribution is -0.147. The summed E-state index contributed by atoms with van der Waals surface area (Å²) in [5.41, 5.74) is 5.36. The highest BCUT2D eigenvalue weighted by molar-refractivity contribution is 7.47. The van der Waals surface area contributed by atoms with E-state index < -0.39 is 32.1 Å². The van der Waals surface area contributed by atoms with E-state index in [4.69, 9.17) is 24.3 Å². The Balaban J connectivity index is 2.33. The minimum absolute atomic E-state index is 0.0235. The number of phosphoric ester groups is 1. The number of unbranched alkanes of at least 4 members (excludes halogenated alkanes) is 19. The van der Waals surface area contributed by atoms with Crippen molar-refractivity contribution in [1.29, 1.82) is 0 Å². The van der Waals surface area contributed by atoms with E-state index in [0.29, 0.717) is 19.3 Å². The molecule has 0 amide bonds. The van der Waals surface area contributed by atoms with E-state index in [2.05, 4.69) is 13.8 Å². The third-order valence-corrected chi connectivity index (χ3v) is 11.4. The van der Waals surface area contributed by atoms with Crippen LogP contribution in [-0.2, 0) is 32.7 Å². The van der Waals surface area contributed by atoms with E-state index in [-0.39, 0.29) is 56.8 Å². The molecule has 1 fully saturated rings. The number of ketones is 1. The van der Waals surface area contributed by atoms with Crippen molar-refractivity contribution in [1.82, 2.24) is 0 Å². The van der Waals surface area contributed by atoms with Crippen molar-refractivity contribution in [2.24, 2.45) is 17.6 Å². The van der Waals surface area contributed by atoms with Crippen molar-refractivity contribution in [3.63, 3.8) is 0 Å². The highest BCUT2D eigenvalue weighted by Gasteiger charge is 2.39. The number of nitrogens with two attached hydrogens (primary N) is 1. The van der Waals surface area contributed by atoms with Gasteiger partial charge in [-0.1, -0.05) is 148 Å². The maximum atomic E-state index is 12.5. The van der Waals surface area contributed by atoms with Gasteiger partial charge in [0.2, 0.25) is 0 Å². The standard InChI is InChI=1S/C43H80NO10P/c1-3-5-7-8-9-10-11-12-13-14-15-16-17-18-21-25-32-51-38(36-54-55(49,50)53-33-31-44)35-52-43(48)28-24-20-19-23-27-39-40(42(47)34-41(39)46)30-29-37(45)26-22-6-4-2/h25,29-30,32,37-41,45-46H,3-24,26-28,31,33-36,44H2,1-2H3,(H,49,50)/b30-29+,32-25+/t37-,38+,39+,40+,41-/m0/s1. The summed E-state index contributed by atoms with van der Waals surface area (Å²) in [6.45, 7) is 3.86. The number of rotatable bonds is 38. The van der Waals surface area contributed by atoms with Gasteiger partial charge in [0.1, 0.15) is 12.4 Å². The van der Waals surface area contributed by atoms with Crippen molar-refractivity contribution in [3.8, 4) is 0 Å². The monoisotopic (exact) mass is 802 g/mol. The first-order valence-corrected chi connectivity index (χ1v) is 23.5. The Kier molecular flexibility index (Phi) is 32.2. The fourth-order valence-electron chi connectivity index (χ4n) is 7.00. The van der Waals surface area contributed by atoms with Crippen molar-refractivity contribution in [2.75, 3.05) is 26.4 Å². The van der Waals surface area contributed by atoms with E-state index in [9.17, 15) is 29.3 Å². The molecule has 1 saturated carbocycles. The van der Waals surface area contributed by atoms with Crippen LogP contribution in [0.5, 0.6) is 0 Å². The molecule has 55 heavy (non-hydrogen) atoms. The molecule has 0 heterocycles. The molecule has 12 heteroatoms. The number of aliphatic hydroxyl groups is 2. The number of Topliss-reactive ketones (excluding diaryl/α,β-unsaturated/α-hetero) is 1. The molecule has 0 aromatic heterocycles. The molecule has 0 spiro atoms. The Morgan fingerprint density at radius 3 is 2.05 bits per heavy atom. The first-order chi connectivity index (χ1) is 26.6. The summed E-state index contributed by atoms with van der Waals surface area (Å²) in [5.74, 6) is -0.892. The maximum absolute atomic E-state index is 12.5. The summed E-state index contributed by atoms with van der Waals surface area (Å²) in [4.78, 5) is 34.9. The number of hydrogen-bond donors (Lipinski definition) is 4. The van der Waals surface area contributed by atoms with Gasteiger partial charge >= 0.3 is 13.8 Å². The number of ether oxygens (including phenoxy) is 2. The minimum Gasteiger partial charge on any atom is -0.492 e. The van der Waals surface area contributed by atoms with E-state index in [1.54, 1.807) is 12.2 Å². The molecule has 1 unspecified atom stereocenters. The van der Waals surface area contributed by atoms with Crippen LogP contribution in [-0.4, -0.2) is 71.5 Å². The van der Waals surface area contributed by atoms with Gasteiger partial charge in [-0.25, -0.2) is 4.57 Å². The molecule has 0 aliphatic heterocycles. The summed E-state index contributed by atoms with van der Waals surface area (Å²) in [6, 6.07) is 0. The van der Waals surface area contributed by atoms with Gasteiger partial charge < -0.3 is 30.3 Å². The molecule has 0 bridgehead atoms. The van der Waals surface area contributed by atoms with Crippen molar-refractivity contribution in [2.45, 2.75) is 199 Å². The van der Waals surface area contributed by atoms with Crippen LogP contribution in [0.3, 0.4) is 0 Å². The van der Waals surface area contributed by atoms with Gasteiger partial charge in [-0.15, -0.1) is 0 Å². The largest absolute Gasteiger partial charge is 0.492 e. The van der Waals surface area contributed by atoms with Crippen molar-refractivity contribution in [3.05, 3.63) is 24.5 Å². The van der Waals surface area contributed by atoms with Gasteiger partial charge in [-0.2, -0.15) is 0 Å². The van der Waals surface area contributed by atoms with E-state index in [0.717, 1.165) is 57.8 Å². The second-order valence-electron chi connectivity index (χ2n) is 15.4. The van der Waals surface area contributed by atoms with Gasteiger partial charge in [0.15, 0.2) is 6.10 Å². The summed E-state index contributed by atoms with van der Waals surface area (Å²) in [7, 11) is -4.32. The quantitative estimate of drug-likeness (QED) is 0.0154. The normalized spacial score (nSPS) is 19.7. The zero-order valence-electron chi connectivity index (χ0n) is 34.6. The van der Waals surface area contributed by atoms with Crippen LogP contribution in [0.4, 0.5) is 0 Å². The lowest BCUT2D eigenvalue weighted by Crippen LogP contribution is -2.25. The summed E-state index contributed by atoms with van der Waals surface area (Å²) >= 11 is 0. The number of allylic oxidation sites excluding steroid dienone is 2. The zero-order chi connectivity index (χ0) is 40.4. The van der Waals surface area contributed by atoms with Crippen LogP contribution in [0, 0.1) is 11.8 Å². The van der Waals surface area contributed by atoms with E-state index >= 15 is 0 Å². The molecular weight excluding hydrogens is 721 g/mol. The third-order valence-electron chi connectivity index (χ3n) is 10.4. The van der Waals surface area contributed by atoms with Gasteiger partial charge in [-0.05, 0) is 44.1 Å². The average Bonchev–Trinajstić information content (AvgIpc) is 3.43. The smallest absolute Gasteiger partial charge is 0.472 e. The number of aliphatic hydroxyl groups excluding tert-OH is 2. The lowest BCUT2D eigenvalue weighted by atomic mass is 9.88. The molecule has 1 aliphatic carbocycles. The van der Waals surface area contributed by atoms with E-state index in [1.807, 2.05) is 6.08 Å². The van der Waals surface area contributed by atoms with Crippen LogP contribution >= 0.6 is 7.82 Å². The van der Waals surface area contributed by atoms with Crippen LogP contribution < -0.4 is 5.73 Å². The van der Waals surface area contributed by atoms with Crippen molar-refractivity contribution < 1.29 is 47.8 Å². The van der Waals surface area contributed by atoms with Crippen LogP contribution in [0.25, 0.3) is 0 Å². The van der Waals surface area contributed by atoms with Crippen LogP contribution in [0.15, 0.2) is 24.5 Å². The molecule has 0 radical (unpaired) electrons. The Labute approximate surface area is 334 Å². The molecule has 5 N–H and O–H groups in total. The zero-order valence-corrected chi connectivity index (χ0v) is 35.5. The first-order valence-electron chi connectivity index (χ1n) is 22.0. The SMILES string of the molecule is CCCCCCCCCCCCCCCC/C=C/O[C@H](COC(=O)CCCCCC[C@H]1[C@@H](O)CC(=O)[C@@H]1/C=C/[C@@H](O)CCCCC)COP(=O)(O)OCCN. The first kappa shape index (κ1) is 51.4. The number of carbonyl (C=O) groups is 2. The molecule has 1 rings (SSSR count). The van der Waals surface area contributed by atoms with Gasteiger partial charge in [-0.3, -0.25) is 18.6 Å². The summed E-state index contributed by atoms with van der Waals surface area (Å²) in [5, 5.41) is 20.7. The van der Waals surface area contributed by atoms with Crippen molar-refractivity contribution >= 4 is 19.6 Å². The highest BCUT2D eigenvalue weighted by atomic mass is 31.2. The Morgan fingerprint density at radius 2 is 1.42 bits per heavy atom. The number of hydrogen-bond acceptors (Lipinski definition) is 10. The molecule has 322 valence electrons. The predicted molar refractivity (Wildman–Crippen MR) is 220 cm³/mol. The second kappa shape index (κ2) is 34.5. The second-order valence-corrected chi connectivity index (χ2v) is 16.9. The highest BCUT2D eigenvalue weighted by Crippen LogP contribution is 2.43. The fourth-order valence-corrected chi connectivity index (χ4v) is 7.77. The number of phosphoric acid groups is 1. The van der Waals surface area contributed by atoms with Gasteiger partial charge in [0, 0.05) is 25.3 Å². The fraction of sp³-hybridized carbons (Fsp3) is 0.860. The molecular formula is C43H80NO10P. The van der Waals surface area contributed by atoms with Gasteiger partial charge in [0.25, 0.3) is 0 Å². The Bertz CT molecular complexity index is 1060. The van der Waals surface area contributed by atoms with Gasteiger partial charge in [0.05, 0.1) is 31.7 Å². The number of esters is 1. The number of carbonyl (C=O) groups excluding carboxylic acids is 2. The Hall–Kier alpha value is -1.59.